The molecule has 6 heteroatoms. The number of nitrogens with one attached hydrogen (secondary N) is 1. The number of fused-ring (bicyclic) bond motifs is 1. The molecule has 1 unspecified atom stereocenters. The number of ether oxygens (including phenoxy) is 1. The molecule has 0 aliphatic carbocycles. The summed E-state index contributed by atoms with van der Waals surface area (Å²) >= 11 is 0. The van der Waals surface area contributed by atoms with E-state index in [1.54, 1.807) is 4.90 Å². The van der Waals surface area contributed by atoms with Crippen molar-refractivity contribution in [3.8, 4) is 0 Å². The number of hydrogen-bond acceptors (Lipinski definition) is 4. The monoisotopic (exact) mass is 430 g/mol. The molecule has 0 spiro atoms. The molecule has 1 saturated heterocycles. The van der Waals surface area contributed by atoms with Crippen LogP contribution in [0.25, 0.3) is 10.8 Å². The van der Waals surface area contributed by atoms with Crippen molar-refractivity contribution < 1.29 is 19.1 Å². The number of likely N-dealkylation sites (tertiary alicyclic amines) is 1. The molecule has 0 radical (unpaired) electrons. The van der Waals surface area contributed by atoms with Crippen LogP contribution in [0.15, 0.2) is 72.8 Å². The van der Waals surface area contributed by atoms with Crippen LogP contribution in [0.5, 0.6) is 0 Å². The molecule has 0 bridgehead atoms. The lowest BCUT2D eigenvalue weighted by atomic mass is 9.95. The van der Waals surface area contributed by atoms with Crippen molar-refractivity contribution >= 4 is 28.6 Å². The van der Waals surface area contributed by atoms with Gasteiger partial charge in [0.05, 0.1) is 5.92 Å². The van der Waals surface area contributed by atoms with Crippen LogP contribution >= 0.6 is 0 Å². The molecular formula is C26H26N2O4. The maximum atomic E-state index is 13.2. The lowest BCUT2D eigenvalue weighted by Crippen LogP contribution is -2.46. The third-order valence-electron chi connectivity index (χ3n) is 5.75. The summed E-state index contributed by atoms with van der Waals surface area (Å²) in [6, 6.07) is 22.9. The van der Waals surface area contributed by atoms with Crippen LogP contribution in [0.1, 0.15) is 28.8 Å². The SMILES string of the molecule is O=C(CNC(=O)C1CCCN(C(=O)c2cccc3ccccc23)C1)OCc1ccccc1. The molecule has 0 saturated carbocycles. The highest BCUT2D eigenvalue weighted by Gasteiger charge is 2.29. The van der Waals surface area contributed by atoms with Gasteiger partial charge in [-0.05, 0) is 35.2 Å². The quantitative estimate of drug-likeness (QED) is 0.607. The summed E-state index contributed by atoms with van der Waals surface area (Å²) in [4.78, 5) is 39.5. The van der Waals surface area contributed by atoms with Crippen molar-refractivity contribution in [3.63, 3.8) is 0 Å². The molecule has 1 atom stereocenters. The normalized spacial score (nSPS) is 15.9. The number of carbonyl (C=O) groups excluding carboxylic acids is 3. The second-order valence-corrected chi connectivity index (χ2v) is 7.98. The Labute approximate surface area is 187 Å². The average molecular weight is 431 g/mol. The summed E-state index contributed by atoms with van der Waals surface area (Å²) in [6.45, 7) is 0.948. The van der Waals surface area contributed by atoms with Crippen LogP contribution in [-0.4, -0.2) is 42.3 Å². The predicted octanol–water partition coefficient (Wildman–Crippen LogP) is 3.55. The molecule has 3 aromatic carbocycles. The third-order valence-corrected chi connectivity index (χ3v) is 5.75. The minimum Gasteiger partial charge on any atom is -0.460 e. The van der Waals surface area contributed by atoms with Gasteiger partial charge >= 0.3 is 5.97 Å². The van der Waals surface area contributed by atoms with Gasteiger partial charge in [0.25, 0.3) is 5.91 Å². The molecule has 0 aromatic heterocycles. The number of esters is 1. The van der Waals surface area contributed by atoms with Crippen molar-refractivity contribution in [1.82, 2.24) is 10.2 Å². The van der Waals surface area contributed by atoms with Gasteiger partial charge in [-0.15, -0.1) is 0 Å². The number of carbonyl (C=O) groups is 3. The summed E-state index contributed by atoms with van der Waals surface area (Å²) < 4.78 is 5.21. The van der Waals surface area contributed by atoms with Crippen molar-refractivity contribution in [1.29, 1.82) is 0 Å². The van der Waals surface area contributed by atoms with Gasteiger partial charge in [0.2, 0.25) is 5.91 Å². The smallest absolute Gasteiger partial charge is 0.325 e. The first kappa shape index (κ1) is 21.6. The van der Waals surface area contributed by atoms with E-state index in [4.69, 9.17) is 4.74 Å². The predicted molar refractivity (Wildman–Crippen MR) is 122 cm³/mol. The summed E-state index contributed by atoms with van der Waals surface area (Å²) in [5.74, 6) is -1.12. The van der Waals surface area contributed by atoms with Crippen molar-refractivity contribution in [3.05, 3.63) is 83.9 Å². The molecule has 1 fully saturated rings. The molecule has 4 rings (SSSR count). The van der Waals surface area contributed by atoms with Crippen molar-refractivity contribution in [2.45, 2.75) is 19.4 Å². The van der Waals surface area contributed by atoms with E-state index in [1.807, 2.05) is 72.8 Å². The van der Waals surface area contributed by atoms with Gasteiger partial charge in [0.1, 0.15) is 13.2 Å². The van der Waals surface area contributed by atoms with Gasteiger partial charge < -0.3 is 15.0 Å². The molecule has 164 valence electrons. The zero-order chi connectivity index (χ0) is 22.3. The Kier molecular flexibility index (Phi) is 6.80. The lowest BCUT2D eigenvalue weighted by Gasteiger charge is -2.32. The average Bonchev–Trinajstić information content (AvgIpc) is 2.86. The fraction of sp³-hybridized carbons (Fsp3) is 0.269. The number of rotatable bonds is 6. The van der Waals surface area contributed by atoms with E-state index < -0.39 is 5.97 Å². The number of benzene rings is 3. The first-order valence-electron chi connectivity index (χ1n) is 10.9. The highest BCUT2D eigenvalue weighted by molar-refractivity contribution is 6.07. The van der Waals surface area contributed by atoms with E-state index in [2.05, 4.69) is 5.32 Å². The molecule has 1 N–H and O–H groups in total. The van der Waals surface area contributed by atoms with Crippen LogP contribution in [0, 0.1) is 5.92 Å². The van der Waals surface area contributed by atoms with Gasteiger partial charge in [-0.25, -0.2) is 0 Å². The molecule has 2 amide bonds. The Balaban J connectivity index is 1.31. The second kappa shape index (κ2) is 10.1. The summed E-state index contributed by atoms with van der Waals surface area (Å²) in [7, 11) is 0. The Morgan fingerprint density at radius 1 is 0.938 bits per heavy atom. The Hall–Kier alpha value is -3.67. The first-order valence-corrected chi connectivity index (χ1v) is 10.9. The fourth-order valence-electron chi connectivity index (χ4n) is 4.05. The van der Waals surface area contributed by atoms with Crippen LogP contribution in [0.2, 0.25) is 0 Å². The number of nitrogens with zero attached hydrogens (tertiary/aromatic N) is 1. The minimum atomic E-state index is -0.485. The van der Waals surface area contributed by atoms with Gasteiger partial charge in [0.15, 0.2) is 0 Å². The second-order valence-electron chi connectivity index (χ2n) is 7.98. The summed E-state index contributed by atoms with van der Waals surface area (Å²) in [5, 5.41) is 4.59. The van der Waals surface area contributed by atoms with Crippen LogP contribution < -0.4 is 5.32 Å². The largest absolute Gasteiger partial charge is 0.460 e. The van der Waals surface area contributed by atoms with Crippen LogP contribution in [0.3, 0.4) is 0 Å². The lowest BCUT2D eigenvalue weighted by molar-refractivity contribution is -0.145. The molecule has 6 nitrogen and oxygen atoms in total. The molecular weight excluding hydrogens is 404 g/mol. The maximum Gasteiger partial charge on any atom is 0.325 e. The Bertz CT molecular complexity index is 1110. The van der Waals surface area contributed by atoms with E-state index in [-0.39, 0.29) is 30.9 Å². The van der Waals surface area contributed by atoms with E-state index in [0.717, 1.165) is 22.8 Å². The standard InChI is InChI=1S/C26H26N2O4/c29-24(32-18-19-8-2-1-3-9-19)16-27-25(30)21-12-7-15-28(17-21)26(31)23-14-6-11-20-10-4-5-13-22(20)23/h1-6,8-11,13-14,21H,7,12,15-18H2,(H,27,30). The van der Waals surface area contributed by atoms with Gasteiger partial charge in [0, 0.05) is 18.7 Å². The van der Waals surface area contributed by atoms with Crippen molar-refractivity contribution in [2.75, 3.05) is 19.6 Å². The number of amides is 2. The van der Waals surface area contributed by atoms with E-state index in [1.165, 1.54) is 0 Å². The van der Waals surface area contributed by atoms with E-state index in [9.17, 15) is 14.4 Å². The van der Waals surface area contributed by atoms with Crippen LogP contribution in [-0.2, 0) is 20.9 Å². The van der Waals surface area contributed by atoms with E-state index in [0.29, 0.717) is 25.1 Å². The number of hydrogen-bond donors (Lipinski definition) is 1. The molecule has 1 heterocycles. The summed E-state index contributed by atoms with van der Waals surface area (Å²) in [6.07, 6.45) is 1.43. The topological polar surface area (TPSA) is 75.7 Å². The van der Waals surface area contributed by atoms with Gasteiger partial charge in [-0.3, -0.25) is 14.4 Å². The van der Waals surface area contributed by atoms with Crippen LogP contribution in [0.4, 0.5) is 0 Å². The van der Waals surface area contributed by atoms with Crippen molar-refractivity contribution in [2.24, 2.45) is 5.92 Å². The van der Waals surface area contributed by atoms with E-state index >= 15 is 0 Å². The zero-order valence-electron chi connectivity index (χ0n) is 17.8. The fourth-order valence-corrected chi connectivity index (χ4v) is 4.05. The third kappa shape index (κ3) is 5.14. The molecule has 1 aliphatic heterocycles. The maximum absolute atomic E-state index is 13.2. The summed E-state index contributed by atoms with van der Waals surface area (Å²) in [5.41, 5.74) is 1.54. The first-order chi connectivity index (χ1) is 15.6. The molecule has 3 aromatic rings. The molecule has 1 aliphatic rings. The highest BCUT2D eigenvalue weighted by atomic mass is 16.5. The minimum absolute atomic E-state index is 0.0680. The number of piperidine rings is 1. The highest BCUT2D eigenvalue weighted by Crippen LogP contribution is 2.23. The van der Waals surface area contributed by atoms with Gasteiger partial charge in [-0.2, -0.15) is 0 Å². The van der Waals surface area contributed by atoms with Gasteiger partial charge in [-0.1, -0.05) is 66.7 Å². The molecule has 32 heavy (non-hydrogen) atoms. The zero-order valence-corrected chi connectivity index (χ0v) is 17.8. The Morgan fingerprint density at radius 3 is 2.53 bits per heavy atom. The Morgan fingerprint density at radius 2 is 1.69 bits per heavy atom.